The lowest BCUT2D eigenvalue weighted by atomic mass is 9.73. The molecule has 0 aromatic carbocycles. The molecule has 17 heavy (non-hydrogen) atoms. The van der Waals surface area contributed by atoms with Crippen molar-refractivity contribution in [3.63, 3.8) is 0 Å². The zero-order chi connectivity index (χ0) is 12.8. The molecule has 4 unspecified atom stereocenters. The molecule has 4 atom stereocenters. The van der Waals surface area contributed by atoms with Gasteiger partial charge in [-0.3, -0.25) is 0 Å². The highest BCUT2D eigenvalue weighted by atomic mass is 14.9. The number of hydrogen-bond acceptors (Lipinski definition) is 1. The van der Waals surface area contributed by atoms with Gasteiger partial charge < -0.3 is 5.32 Å². The average molecular weight is 239 g/mol. The summed E-state index contributed by atoms with van der Waals surface area (Å²) in [5, 5.41) is 3.84. The van der Waals surface area contributed by atoms with Gasteiger partial charge in [0.05, 0.1) is 0 Å². The first-order valence-corrected chi connectivity index (χ1v) is 7.79. The average Bonchev–Trinajstić information content (AvgIpc) is 2.29. The van der Waals surface area contributed by atoms with Crippen LogP contribution in [0.1, 0.15) is 66.7 Å². The Morgan fingerprint density at radius 2 is 1.88 bits per heavy atom. The van der Waals surface area contributed by atoms with Crippen molar-refractivity contribution in [2.24, 2.45) is 23.7 Å². The van der Waals surface area contributed by atoms with E-state index in [0.29, 0.717) is 0 Å². The van der Waals surface area contributed by atoms with E-state index < -0.39 is 0 Å². The molecule has 0 aromatic rings. The standard InChI is InChI=1S/C16H33N/c1-6-10-17-16(14(5)12(2)3)15-9-7-8-13(4)11-15/h12-17H,6-11H2,1-5H3. The van der Waals surface area contributed by atoms with Gasteiger partial charge >= 0.3 is 0 Å². The minimum absolute atomic E-state index is 0.748. The molecule has 1 aliphatic carbocycles. The van der Waals surface area contributed by atoms with Gasteiger partial charge in [-0.2, -0.15) is 0 Å². The van der Waals surface area contributed by atoms with Gasteiger partial charge in [0.15, 0.2) is 0 Å². The van der Waals surface area contributed by atoms with E-state index >= 15 is 0 Å². The van der Waals surface area contributed by atoms with Crippen LogP contribution in [0.5, 0.6) is 0 Å². The van der Waals surface area contributed by atoms with Crippen molar-refractivity contribution < 1.29 is 0 Å². The second kappa shape index (κ2) is 7.41. The molecule has 1 saturated carbocycles. The molecule has 0 bridgehead atoms. The van der Waals surface area contributed by atoms with Crippen molar-refractivity contribution in [2.45, 2.75) is 72.8 Å². The van der Waals surface area contributed by atoms with Gasteiger partial charge in [0.25, 0.3) is 0 Å². The minimum Gasteiger partial charge on any atom is -0.313 e. The Bertz CT molecular complexity index is 200. The molecule has 0 amide bonds. The first kappa shape index (κ1) is 15.0. The Balaban J connectivity index is 2.60. The van der Waals surface area contributed by atoms with Gasteiger partial charge in [-0.1, -0.05) is 47.5 Å². The highest BCUT2D eigenvalue weighted by Crippen LogP contribution is 2.34. The van der Waals surface area contributed by atoms with Crippen LogP contribution in [0.4, 0.5) is 0 Å². The van der Waals surface area contributed by atoms with Crippen LogP contribution >= 0.6 is 0 Å². The molecule has 1 nitrogen and oxygen atoms in total. The van der Waals surface area contributed by atoms with Gasteiger partial charge in [-0.05, 0) is 49.5 Å². The van der Waals surface area contributed by atoms with Crippen molar-refractivity contribution in [3.8, 4) is 0 Å². The molecular weight excluding hydrogens is 206 g/mol. The van der Waals surface area contributed by atoms with Crippen LogP contribution in [-0.4, -0.2) is 12.6 Å². The van der Waals surface area contributed by atoms with E-state index in [9.17, 15) is 0 Å². The van der Waals surface area contributed by atoms with Gasteiger partial charge in [-0.15, -0.1) is 0 Å². The molecule has 0 spiro atoms. The Kier molecular flexibility index (Phi) is 6.54. The maximum Gasteiger partial charge on any atom is 0.0123 e. The molecule has 0 aliphatic heterocycles. The summed E-state index contributed by atoms with van der Waals surface area (Å²) >= 11 is 0. The minimum atomic E-state index is 0.748. The van der Waals surface area contributed by atoms with Gasteiger partial charge in [0, 0.05) is 6.04 Å². The van der Waals surface area contributed by atoms with Crippen LogP contribution in [0, 0.1) is 23.7 Å². The predicted molar refractivity (Wildman–Crippen MR) is 77.2 cm³/mol. The van der Waals surface area contributed by atoms with E-state index in [2.05, 4.69) is 39.9 Å². The van der Waals surface area contributed by atoms with Crippen LogP contribution in [0.2, 0.25) is 0 Å². The molecule has 1 aliphatic rings. The molecule has 0 saturated heterocycles. The van der Waals surface area contributed by atoms with Crippen molar-refractivity contribution in [2.75, 3.05) is 6.54 Å². The maximum absolute atomic E-state index is 3.84. The second-order valence-corrected chi connectivity index (χ2v) is 6.61. The molecule has 1 fully saturated rings. The van der Waals surface area contributed by atoms with Crippen LogP contribution < -0.4 is 5.32 Å². The molecule has 0 heterocycles. The summed E-state index contributed by atoms with van der Waals surface area (Å²) in [4.78, 5) is 0. The van der Waals surface area contributed by atoms with E-state index in [0.717, 1.165) is 29.7 Å². The summed E-state index contributed by atoms with van der Waals surface area (Å²) in [6.07, 6.45) is 7.04. The third kappa shape index (κ3) is 4.62. The predicted octanol–water partition coefficient (Wildman–Crippen LogP) is 4.47. The van der Waals surface area contributed by atoms with Crippen molar-refractivity contribution >= 4 is 0 Å². The summed E-state index contributed by atoms with van der Waals surface area (Å²) < 4.78 is 0. The van der Waals surface area contributed by atoms with E-state index in [1.807, 2.05) is 0 Å². The largest absolute Gasteiger partial charge is 0.313 e. The summed E-state index contributed by atoms with van der Waals surface area (Å²) in [5.41, 5.74) is 0. The monoisotopic (exact) mass is 239 g/mol. The van der Waals surface area contributed by atoms with E-state index in [-0.39, 0.29) is 0 Å². The first-order valence-electron chi connectivity index (χ1n) is 7.79. The third-order valence-electron chi connectivity index (χ3n) is 4.73. The lowest BCUT2D eigenvalue weighted by Gasteiger charge is -2.38. The lowest BCUT2D eigenvalue weighted by molar-refractivity contribution is 0.160. The molecule has 0 aromatic heterocycles. The highest BCUT2D eigenvalue weighted by Gasteiger charge is 2.30. The molecule has 0 radical (unpaired) electrons. The van der Waals surface area contributed by atoms with Gasteiger partial charge in [0.2, 0.25) is 0 Å². The second-order valence-electron chi connectivity index (χ2n) is 6.61. The van der Waals surface area contributed by atoms with E-state index in [4.69, 9.17) is 0 Å². The third-order valence-corrected chi connectivity index (χ3v) is 4.73. The summed E-state index contributed by atoms with van der Waals surface area (Å²) in [7, 11) is 0. The Labute approximate surface area is 109 Å². The number of nitrogens with one attached hydrogen (secondary N) is 1. The zero-order valence-corrected chi connectivity index (χ0v) is 12.6. The van der Waals surface area contributed by atoms with Crippen molar-refractivity contribution in [1.82, 2.24) is 5.32 Å². The van der Waals surface area contributed by atoms with Crippen LogP contribution in [-0.2, 0) is 0 Å². The highest BCUT2D eigenvalue weighted by molar-refractivity contribution is 4.86. The molecular formula is C16H33N. The molecule has 102 valence electrons. The Morgan fingerprint density at radius 1 is 1.18 bits per heavy atom. The SMILES string of the molecule is CCCNC(C1CCCC(C)C1)C(C)C(C)C. The summed E-state index contributed by atoms with van der Waals surface area (Å²) in [6.45, 7) is 13.1. The Hall–Kier alpha value is -0.0400. The lowest BCUT2D eigenvalue weighted by Crippen LogP contribution is -2.45. The number of hydrogen-bond donors (Lipinski definition) is 1. The fraction of sp³-hybridized carbons (Fsp3) is 1.00. The van der Waals surface area contributed by atoms with Crippen LogP contribution in [0.3, 0.4) is 0 Å². The van der Waals surface area contributed by atoms with Crippen molar-refractivity contribution in [3.05, 3.63) is 0 Å². The van der Waals surface area contributed by atoms with E-state index in [1.165, 1.54) is 38.6 Å². The van der Waals surface area contributed by atoms with E-state index in [1.54, 1.807) is 0 Å². The summed E-state index contributed by atoms with van der Waals surface area (Å²) in [5.74, 6) is 3.46. The zero-order valence-electron chi connectivity index (χ0n) is 12.6. The fourth-order valence-electron chi connectivity index (χ4n) is 3.31. The molecule has 1 rings (SSSR count). The topological polar surface area (TPSA) is 12.0 Å². The molecule has 1 heteroatoms. The van der Waals surface area contributed by atoms with Crippen molar-refractivity contribution in [1.29, 1.82) is 0 Å². The first-order chi connectivity index (χ1) is 8.06. The summed E-state index contributed by atoms with van der Waals surface area (Å²) in [6, 6.07) is 0.748. The smallest absolute Gasteiger partial charge is 0.0123 e. The van der Waals surface area contributed by atoms with Crippen LogP contribution in [0.25, 0.3) is 0 Å². The Morgan fingerprint density at radius 3 is 2.41 bits per heavy atom. The van der Waals surface area contributed by atoms with Gasteiger partial charge in [-0.25, -0.2) is 0 Å². The maximum atomic E-state index is 3.84. The quantitative estimate of drug-likeness (QED) is 0.721. The fourth-order valence-corrected chi connectivity index (χ4v) is 3.31. The molecule has 1 N–H and O–H groups in total. The normalized spacial score (nSPS) is 29.3. The number of rotatable bonds is 6. The van der Waals surface area contributed by atoms with Gasteiger partial charge in [0.1, 0.15) is 0 Å². The van der Waals surface area contributed by atoms with Crippen LogP contribution in [0.15, 0.2) is 0 Å².